The van der Waals surface area contributed by atoms with Crippen LogP contribution in [0.15, 0.2) is 43.0 Å². The van der Waals surface area contributed by atoms with Crippen LogP contribution in [0.4, 0.5) is 0 Å². The highest BCUT2D eigenvalue weighted by Crippen LogP contribution is 2.23. The van der Waals surface area contributed by atoms with Gasteiger partial charge in [0, 0.05) is 18.9 Å². The number of hydrogen-bond donors (Lipinski definition) is 0. The predicted octanol–water partition coefficient (Wildman–Crippen LogP) is 3.38. The lowest BCUT2D eigenvalue weighted by atomic mass is 9.94. The van der Waals surface area contributed by atoms with E-state index in [2.05, 4.69) is 24.0 Å². The average Bonchev–Trinajstić information content (AvgIpc) is 2.99. The number of nitrogens with zero attached hydrogens (tertiary/aromatic N) is 2. The number of ether oxygens (including phenoxy) is 1. The lowest BCUT2D eigenvalue weighted by Crippen LogP contribution is -2.16. The first-order valence-corrected chi connectivity index (χ1v) is 7.45. The summed E-state index contributed by atoms with van der Waals surface area (Å²) in [5.41, 5.74) is 2.22. The fourth-order valence-electron chi connectivity index (χ4n) is 2.40. The highest BCUT2D eigenvalue weighted by Gasteiger charge is 2.20. The molecule has 0 bridgehead atoms. The van der Waals surface area contributed by atoms with Gasteiger partial charge >= 0.3 is 5.97 Å². The van der Waals surface area contributed by atoms with Gasteiger partial charge in [-0.25, -0.2) is 4.98 Å². The Morgan fingerprint density at radius 1 is 1.29 bits per heavy atom. The lowest BCUT2D eigenvalue weighted by molar-refractivity contribution is -0.145. The first kappa shape index (κ1) is 15.3. The summed E-state index contributed by atoms with van der Waals surface area (Å²) in [6.07, 6.45) is 7.28. The van der Waals surface area contributed by atoms with Crippen LogP contribution in [0.3, 0.4) is 0 Å². The van der Waals surface area contributed by atoms with Gasteiger partial charge in [-0.15, -0.1) is 0 Å². The highest BCUT2D eigenvalue weighted by atomic mass is 16.5. The zero-order chi connectivity index (χ0) is 15.1. The zero-order valence-electron chi connectivity index (χ0n) is 12.7. The van der Waals surface area contributed by atoms with E-state index >= 15 is 0 Å². The van der Waals surface area contributed by atoms with Crippen LogP contribution < -0.4 is 0 Å². The molecule has 2 rings (SSSR count). The molecule has 0 aliphatic carbocycles. The number of carbonyl (C=O) groups is 1. The number of imidazole rings is 1. The van der Waals surface area contributed by atoms with Crippen LogP contribution in [0.1, 0.15) is 43.7 Å². The van der Waals surface area contributed by atoms with Crippen molar-refractivity contribution in [1.29, 1.82) is 0 Å². The van der Waals surface area contributed by atoms with Crippen LogP contribution in [0.5, 0.6) is 0 Å². The van der Waals surface area contributed by atoms with E-state index in [9.17, 15) is 4.79 Å². The molecule has 1 aromatic heterocycles. The van der Waals surface area contributed by atoms with E-state index in [1.807, 2.05) is 29.8 Å². The number of rotatable bonds is 7. The Morgan fingerprint density at radius 3 is 2.62 bits per heavy atom. The largest absolute Gasteiger partial charge is 0.466 e. The Kier molecular flexibility index (Phi) is 5.55. The summed E-state index contributed by atoms with van der Waals surface area (Å²) in [7, 11) is 0. The van der Waals surface area contributed by atoms with Gasteiger partial charge in [0.05, 0.1) is 18.9 Å². The van der Waals surface area contributed by atoms with Crippen molar-refractivity contribution >= 4 is 5.97 Å². The van der Waals surface area contributed by atoms with Gasteiger partial charge in [0.15, 0.2) is 0 Å². The SMILES string of the molecule is CCCC(C(=O)OCC)c1ccc(Cn2ccnc2)cc1. The summed E-state index contributed by atoms with van der Waals surface area (Å²) in [5, 5.41) is 0. The second kappa shape index (κ2) is 7.62. The average molecular weight is 286 g/mol. The molecule has 0 radical (unpaired) electrons. The molecule has 0 saturated carbocycles. The molecular weight excluding hydrogens is 264 g/mol. The molecule has 1 heterocycles. The van der Waals surface area contributed by atoms with Gasteiger partial charge in [-0.1, -0.05) is 37.6 Å². The number of hydrogen-bond acceptors (Lipinski definition) is 3. The standard InChI is InChI=1S/C17H22N2O2/c1-3-5-16(17(20)21-4-2)15-8-6-14(7-9-15)12-19-11-10-18-13-19/h6-11,13,16H,3-5,12H2,1-2H3. The van der Waals surface area contributed by atoms with Crippen molar-refractivity contribution in [2.24, 2.45) is 0 Å². The maximum atomic E-state index is 12.0. The Morgan fingerprint density at radius 2 is 2.05 bits per heavy atom. The molecule has 21 heavy (non-hydrogen) atoms. The molecule has 4 heteroatoms. The van der Waals surface area contributed by atoms with Crippen molar-refractivity contribution in [3.8, 4) is 0 Å². The minimum atomic E-state index is -0.155. The third-order valence-electron chi connectivity index (χ3n) is 3.45. The summed E-state index contributed by atoms with van der Waals surface area (Å²) in [5.74, 6) is -0.279. The summed E-state index contributed by atoms with van der Waals surface area (Å²) < 4.78 is 7.19. The van der Waals surface area contributed by atoms with Crippen LogP contribution >= 0.6 is 0 Å². The molecule has 0 spiro atoms. The second-order valence-corrected chi connectivity index (χ2v) is 5.07. The minimum absolute atomic E-state index is 0.123. The minimum Gasteiger partial charge on any atom is -0.466 e. The van der Waals surface area contributed by atoms with Gasteiger partial charge in [-0.3, -0.25) is 4.79 Å². The third-order valence-corrected chi connectivity index (χ3v) is 3.45. The molecule has 0 fully saturated rings. The van der Waals surface area contributed by atoms with Crippen LogP contribution in [0.2, 0.25) is 0 Å². The number of benzene rings is 1. The summed E-state index contributed by atoms with van der Waals surface area (Å²) >= 11 is 0. The van der Waals surface area contributed by atoms with Gasteiger partial charge in [-0.05, 0) is 24.5 Å². The van der Waals surface area contributed by atoms with E-state index in [1.165, 1.54) is 5.56 Å². The van der Waals surface area contributed by atoms with E-state index in [-0.39, 0.29) is 11.9 Å². The molecule has 0 amide bonds. The van der Waals surface area contributed by atoms with Crippen LogP contribution in [0.25, 0.3) is 0 Å². The van der Waals surface area contributed by atoms with Gasteiger partial charge in [0.25, 0.3) is 0 Å². The zero-order valence-corrected chi connectivity index (χ0v) is 12.7. The van der Waals surface area contributed by atoms with E-state index in [1.54, 1.807) is 12.5 Å². The Balaban J connectivity index is 2.09. The van der Waals surface area contributed by atoms with Crippen LogP contribution in [-0.2, 0) is 16.1 Å². The van der Waals surface area contributed by atoms with E-state index in [0.29, 0.717) is 6.61 Å². The number of esters is 1. The van der Waals surface area contributed by atoms with Crippen molar-refractivity contribution < 1.29 is 9.53 Å². The maximum absolute atomic E-state index is 12.0. The molecule has 1 unspecified atom stereocenters. The Hall–Kier alpha value is -2.10. The lowest BCUT2D eigenvalue weighted by Gasteiger charge is -2.15. The third kappa shape index (κ3) is 4.18. The topological polar surface area (TPSA) is 44.1 Å². The summed E-state index contributed by atoms with van der Waals surface area (Å²) in [6.45, 7) is 5.14. The summed E-state index contributed by atoms with van der Waals surface area (Å²) in [4.78, 5) is 16.1. The van der Waals surface area contributed by atoms with Crippen molar-refractivity contribution in [2.45, 2.75) is 39.2 Å². The summed E-state index contributed by atoms with van der Waals surface area (Å²) in [6, 6.07) is 8.20. The second-order valence-electron chi connectivity index (χ2n) is 5.07. The fourth-order valence-corrected chi connectivity index (χ4v) is 2.40. The first-order valence-electron chi connectivity index (χ1n) is 7.45. The number of carbonyl (C=O) groups excluding carboxylic acids is 1. The normalized spacial score (nSPS) is 12.1. The molecule has 1 aromatic carbocycles. The van der Waals surface area contributed by atoms with E-state index in [0.717, 1.165) is 24.9 Å². The smallest absolute Gasteiger partial charge is 0.313 e. The first-order chi connectivity index (χ1) is 10.2. The van der Waals surface area contributed by atoms with Crippen molar-refractivity contribution in [3.05, 3.63) is 54.1 Å². The molecular formula is C17H22N2O2. The molecule has 0 N–H and O–H groups in total. The van der Waals surface area contributed by atoms with Crippen LogP contribution in [0, 0.1) is 0 Å². The van der Waals surface area contributed by atoms with Crippen molar-refractivity contribution in [3.63, 3.8) is 0 Å². The van der Waals surface area contributed by atoms with E-state index in [4.69, 9.17) is 4.74 Å². The van der Waals surface area contributed by atoms with Gasteiger partial charge in [0.1, 0.15) is 0 Å². The Labute approximate surface area is 125 Å². The molecule has 0 aliphatic rings. The molecule has 112 valence electrons. The molecule has 0 aliphatic heterocycles. The molecule has 4 nitrogen and oxygen atoms in total. The Bertz CT molecular complexity index is 547. The fraction of sp³-hybridized carbons (Fsp3) is 0.412. The van der Waals surface area contributed by atoms with Crippen LogP contribution in [-0.4, -0.2) is 22.1 Å². The monoisotopic (exact) mass is 286 g/mol. The molecule has 1 atom stereocenters. The predicted molar refractivity (Wildman–Crippen MR) is 82.1 cm³/mol. The highest BCUT2D eigenvalue weighted by molar-refractivity contribution is 5.78. The van der Waals surface area contributed by atoms with E-state index < -0.39 is 0 Å². The quantitative estimate of drug-likeness (QED) is 0.733. The molecule has 2 aromatic rings. The van der Waals surface area contributed by atoms with Gasteiger partial charge in [-0.2, -0.15) is 0 Å². The number of aromatic nitrogens is 2. The van der Waals surface area contributed by atoms with Crippen molar-refractivity contribution in [2.75, 3.05) is 6.61 Å². The van der Waals surface area contributed by atoms with Crippen molar-refractivity contribution in [1.82, 2.24) is 9.55 Å². The van der Waals surface area contributed by atoms with Gasteiger partial charge < -0.3 is 9.30 Å². The molecule has 0 saturated heterocycles. The maximum Gasteiger partial charge on any atom is 0.313 e. The van der Waals surface area contributed by atoms with Gasteiger partial charge in [0.2, 0.25) is 0 Å².